The molecular formula is C29H18Cl2F8N6O5S2. The van der Waals surface area contributed by atoms with Gasteiger partial charge in [-0.25, -0.2) is 34.4 Å². The van der Waals surface area contributed by atoms with Crippen molar-refractivity contribution in [2.75, 3.05) is 16.6 Å². The Kier molecular flexibility index (Phi) is 10.3. The molecule has 0 saturated carbocycles. The normalized spacial score (nSPS) is 12.2. The lowest BCUT2D eigenvalue weighted by Gasteiger charge is -2.11. The van der Waals surface area contributed by atoms with Crippen LogP contribution in [-0.2, 0) is 26.2 Å². The van der Waals surface area contributed by atoms with E-state index in [-0.39, 0.29) is 31.8 Å². The Labute approximate surface area is 297 Å². The van der Waals surface area contributed by atoms with Gasteiger partial charge in [-0.3, -0.25) is 9.44 Å². The summed E-state index contributed by atoms with van der Waals surface area (Å²) in [6.07, 6.45) is -3.03. The molecule has 0 saturated heterocycles. The molecule has 2 aromatic carbocycles. The summed E-state index contributed by atoms with van der Waals surface area (Å²) in [5.74, 6) is -7.66. The average molecular weight is 818 g/mol. The van der Waals surface area contributed by atoms with Crippen molar-refractivity contribution < 1.29 is 56.7 Å². The second kappa shape index (κ2) is 13.9. The summed E-state index contributed by atoms with van der Waals surface area (Å²) >= 11 is 11.2. The molecule has 0 spiro atoms. The highest BCUT2D eigenvalue weighted by Gasteiger charge is 2.37. The van der Waals surface area contributed by atoms with Crippen LogP contribution in [0.5, 0.6) is 5.88 Å². The van der Waals surface area contributed by atoms with E-state index in [2.05, 4.69) is 24.7 Å². The number of aryl methyl sites for hydroxylation is 1. The number of benzene rings is 2. The number of fused-ring (bicyclic) bond motifs is 2. The Morgan fingerprint density at radius 2 is 1.23 bits per heavy atom. The van der Waals surface area contributed by atoms with Crippen molar-refractivity contribution in [2.24, 2.45) is 0 Å². The second-order valence-electron chi connectivity index (χ2n) is 10.4. The monoisotopic (exact) mass is 816 g/mol. The van der Waals surface area contributed by atoms with E-state index in [4.69, 9.17) is 23.2 Å². The first kappa shape index (κ1) is 38.4. The van der Waals surface area contributed by atoms with Crippen LogP contribution in [-0.4, -0.2) is 43.9 Å². The van der Waals surface area contributed by atoms with Gasteiger partial charge in [-0.05, 0) is 37.3 Å². The maximum absolute atomic E-state index is 13.9. The number of anilines is 2. The zero-order chi connectivity index (χ0) is 38.5. The molecule has 0 fully saturated rings. The first-order valence-electron chi connectivity index (χ1n) is 13.8. The molecule has 0 aliphatic heterocycles. The van der Waals surface area contributed by atoms with E-state index >= 15 is 0 Å². The lowest BCUT2D eigenvalue weighted by molar-refractivity contribution is -0.136. The minimum absolute atomic E-state index is 0.00360. The lowest BCUT2D eigenvalue weighted by Crippen LogP contribution is -2.15. The van der Waals surface area contributed by atoms with Crippen LogP contribution in [0.15, 0.2) is 58.6 Å². The fourth-order valence-electron chi connectivity index (χ4n) is 4.64. The van der Waals surface area contributed by atoms with Gasteiger partial charge in [0.15, 0.2) is 34.9 Å². The van der Waals surface area contributed by atoms with E-state index < -0.39 is 94.0 Å². The van der Waals surface area contributed by atoms with Gasteiger partial charge in [-0.2, -0.15) is 27.5 Å². The molecule has 4 aromatic heterocycles. The third-order valence-electron chi connectivity index (χ3n) is 7.00. The number of hydrogen-bond donors (Lipinski definition) is 4. The van der Waals surface area contributed by atoms with Crippen molar-refractivity contribution in [3.8, 4) is 5.88 Å². The van der Waals surface area contributed by atoms with Gasteiger partial charge >= 0.3 is 6.18 Å². The molecule has 0 amide bonds. The van der Waals surface area contributed by atoms with E-state index in [0.29, 0.717) is 6.07 Å². The summed E-state index contributed by atoms with van der Waals surface area (Å²) in [5.41, 5.74) is -2.07. The topological polar surface area (TPSA) is 159 Å². The molecule has 6 aromatic rings. The number of aromatic nitrogens is 4. The minimum Gasteiger partial charge on any atom is -0.479 e. The Balaban J connectivity index is 0.000000202. The molecular weight excluding hydrogens is 799 g/mol. The van der Waals surface area contributed by atoms with Crippen LogP contribution >= 0.6 is 23.2 Å². The molecule has 0 atom stereocenters. The number of rotatable bonds is 7. The summed E-state index contributed by atoms with van der Waals surface area (Å²) in [5, 5.41) is -1.14. The molecule has 0 aliphatic carbocycles. The van der Waals surface area contributed by atoms with E-state index in [9.17, 15) is 52.0 Å². The largest absolute Gasteiger partial charge is 0.479 e. The predicted octanol–water partition coefficient (Wildman–Crippen LogP) is 8.07. The van der Waals surface area contributed by atoms with Crippen molar-refractivity contribution in [1.82, 2.24) is 19.9 Å². The smallest absolute Gasteiger partial charge is 0.419 e. The van der Waals surface area contributed by atoms with Crippen LogP contribution < -0.4 is 14.2 Å². The summed E-state index contributed by atoms with van der Waals surface area (Å²) in [7, 11) is -7.85. The molecule has 0 aliphatic rings. The summed E-state index contributed by atoms with van der Waals surface area (Å²) in [4.78, 5) is 10.3. The number of H-pyrrole nitrogens is 2. The summed E-state index contributed by atoms with van der Waals surface area (Å²) < 4.78 is 166. The summed E-state index contributed by atoms with van der Waals surface area (Å²) in [6.45, 7) is 1.23. The molecule has 52 heavy (non-hydrogen) atoms. The van der Waals surface area contributed by atoms with E-state index in [1.165, 1.54) is 19.1 Å². The number of aromatic amines is 2. The van der Waals surface area contributed by atoms with Crippen molar-refractivity contribution in [3.05, 3.63) is 99.2 Å². The number of halogens is 10. The molecule has 23 heteroatoms. The van der Waals surface area contributed by atoms with Gasteiger partial charge in [0, 0.05) is 34.8 Å². The van der Waals surface area contributed by atoms with Crippen LogP contribution in [0.25, 0.3) is 21.8 Å². The highest BCUT2D eigenvalue weighted by molar-refractivity contribution is 7.93. The number of sulfonamides is 2. The first-order chi connectivity index (χ1) is 24.2. The Morgan fingerprint density at radius 1 is 0.731 bits per heavy atom. The average Bonchev–Trinajstić information content (AvgIpc) is 3.68. The first-order valence-corrected chi connectivity index (χ1v) is 17.5. The zero-order valence-corrected chi connectivity index (χ0v) is 28.8. The molecule has 11 nitrogen and oxygen atoms in total. The van der Waals surface area contributed by atoms with Crippen molar-refractivity contribution >= 4 is 76.7 Å². The third-order valence-corrected chi connectivity index (χ3v) is 10.4. The molecule has 0 radical (unpaired) electrons. The number of ether oxygens (including phenoxy) is 1. The highest BCUT2D eigenvalue weighted by Crippen LogP contribution is 2.41. The molecule has 4 heterocycles. The molecule has 0 unspecified atom stereocenters. The number of hydrogen-bond acceptors (Lipinski definition) is 7. The van der Waals surface area contributed by atoms with Crippen molar-refractivity contribution in [3.63, 3.8) is 0 Å². The Bertz CT molecular complexity index is 2600. The van der Waals surface area contributed by atoms with Gasteiger partial charge in [-0.15, -0.1) is 0 Å². The highest BCUT2D eigenvalue weighted by atomic mass is 35.5. The standard InChI is InChI=1S/C15H9ClF5N3O2S.C14H9ClF3N3O3S/c1-6-4-9(17)14(23-13(6)18)24-27(25,26)10-5-22-12-7(10)2-3-8(16)11(12)15(19,20)21;1-24-14-9(17)4-8(16)13(20-14)21-25(22,23)10-5-19-12-6(10)2-3-7(15)11(12)18/h2-5,22H,1H3,(H,23,24);2-5,19H,1H3,(H,20,21). The maximum atomic E-state index is 13.9. The minimum atomic E-state index is -4.84. The van der Waals surface area contributed by atoms with E-state index in [1.807, 2.05) is 4.72 Å². The van der Waals surface area contributed by atoms with Crippen LogP contribution in [0.1, 0.15) is 11.1 Å². The fraction of sp³-hybridized carbons (Fsp3) is 0.103. The van der Waals surface area contributed by atoms with Crippen LogP contribution in [0.2, 0.25) is 10.0 Å². The van der Waals surface area contributed by atoms with Gasteiger partial charge in [-0.1, -0.05) is 23.2 Å². The third kappa shape index (κ3) is 7.38. The zero-order valence-electron chi connectivity index (χ0n) is 25.7. The van der Waals surface area contributed by atoms with Gasteiger partial charge in [0.2, 0.25) is 5.95 Å². The number of pyridine rings is 2. The molecule has 6 rings (SSSR count). The number of nitrogens with one attached hydrogen (secondary N) is 4. The van der Waals surface area contributed by atoms with Crippen molar-refractivity contribution in [2.45, 2.75) is 22.9 Å². The van der Waals surface area contributed by atoms with Crippen LogP contribution in [0, 0.1) is 36.1 Å². The maximum Gasteiger partial charge on any atom is 0.419 e. The lowest BCUT2D eigenvalue weighted by atomic mass is 10.1. The Morgan fingerprint density at radius 3 is 1.79 bits per heavy atom. The molecule has 0 bridgehead atoms. The van der Waals surface area contributed by atoms with E-state index in [0.717, 1.165) is 37.7 Å². The van der Waals surface area contributed by atoms with Crippen LogP contribution in [0.4, 0.5) is 46.8 Å². The number of nitrogens with zero attached hydrogens (tertiary/aromatic N) is 2. The molecule has 4 N–H and O–H groups in total. The summed E-state index contributed by atoms with van der Waals surface area (Å²) in [6, 6.07) is 5.60. The molecule has 276 valence electrons. The predicted molar refractivity (Wildman–Crippen MR) is 173 cm³/mol. The number of alkyl halides is 3. The van der Waals surface area contributed by atoms with Crippen LogP contribution in [0.3, 0.4) is 0 Å². The van der Waals surface area contributed by atoms with Crippen molar-refractivity contribution in [1.29, 1.82) is 0 Å². The van der Waals surface area contributed by atoms with Gasteiger partial charge in [0.05, 0.1) is 33.8 Å². The van der Waals surface area contributed by atoms with Gasteiger partial charge < -0.3 is 14.7 Å². The number of methoxy groups -OCH3 is 1. The fourth-order valence-corrected chi connectivity index (χ4v) is 7.43. The van der Waals surface area contributed by atoms with E-state index in [1.54, 1.807) is 4.72 Å². The Hall–Kier alpha value is -4.86. The SMILES string of the molecule is COc1nc(NS(=O)(=O)c2c[nH]c3c(F)c(Cl)ccc23)c(F)cc1F.Cc1cc(F)c(NS(=O)(=O)c2c[nH]c3c(C(F)(F)F)c(Cl)ccc23)nc1F. The quantitative estimate of drug-likeness (QED) is 0.0937. The van der Waals surface area contributed by atoms with Gasteiger partial charge in [0.25, 0.3) is 25.9 Å². The second-order valence-corrected chi connectivity index (χ2v) is 14.5. The van der Waals surface area contributed by atoms with Gasteiger partial charge in [0.1, 0.15) is 9.79 Å².